The van der Waals surface area contributed by atoms with Gasteiger partial charge in [-0.25, -0.2) is 4.79 Å². The molecule has 3 N–H and O–H groups in total. The normalized spacial score (nSPS) is 12.3. The standard InChI is InChI=1S/C21H22N2O4/c1-14(2)18(21(26)27)23-20(25)17(13-15-9-5-3-6-10-15)22-19(24)16-11-7-4-8-12-16/h3-14,18H,1-2H3,(H,22,24)(H,23,25)(H,26,27)/b17-13-. The van der Waals surface area contributed by atoms with Crippen molar-refractivity contribution in [2.75, 3.05) is 0 Å². The van der Waals surface area contributed by atoms with E-state index in [1.807, 2.05) is 6.07 Å². The van der Waals surface area contributed by atoms with Crippen LogP contribution in [0.5, 0.6) is 0 Å². The molecule has 2 amide bonds. The number of carboxylic acid groups (broad SMARTS) is 1. The Morgan fingerprint density at radius 1 is 0.926 bits per heavy atom. The second kappa shape index (κ2) is 9.33. The molecular formula is C21H22N2O4. The molecule has 0 saturated heterocycles. The van der Waals surface area contributed by atoms with E-state index in [1.165, 1.54) is 6.08 Å². The highest BCUT2D eigenvalue weighted by Crippen LogP contribution is 2.09. The van der Waals surface area contributed by atoms with Gasteiger partial charge >= 0.3 is 5.97 Å². The molecule has 6 nitrogen and oxygen atoms in total. The zero-order chi connectivity index (χ0) is 19.8. The van der Waals surface area contributed by atoms with Crippen molar-refractivity contribution in [3.63, 3.8) is 0 Å². The van der Waals surface area contributed by atoms with Crippen molar-refractivity contribution < 1.29 is 19.5 Å². The van der Waals surface area contributed by atoms with E-state index in [0.717, 1.165) is 0 Å². The fourth-order valence-electron chi connectivity index (χ4n) is 2.39. The third kappa shape index (κ3) is 5.81. The summed E-state index contributed by atoms with van der Waals surface area (Å²) in [7, 11) is 0. The number of aliphatic carboxylic acids is 1. The summed E-state index contributed by atoms with van der Waals surface area (Å²) in [6.45, 7) is 3.39. The van der Waals surface area contributed by atoms with E-state index in [9.17, 15) is 19.5 Å². The number of carbonyl (C=O) groups excluding carboxylic acids is 2. The number of benzene rings is 2. The summed E-state index contributed by atoms with van der Waals surface area (Å²) in [6.07, 6.45) is 1.51. The second-order valence-electron chi connectivity index (χ2n) is 6.32. The largest absolute Gasteiger partial charge is 0.480 e. The second-order valence-corrected chi connectivity index (χ2v) is 6.32. The molecule has 0 aromatic heterocycles. The topological polar surface area (TPSA) is 95.5 Å². The van der Waals surface area contributed by atoms with Crippen LogP contribution in [-0.4, -0.2) is 28.9 Å². The van der Waals surface area contributed by atoms with Crippen molar-refractivity contribution in [2.45, 2.75) is 19.9 Å². The molecule has 27 heavy (non-hydrogen) atoms. The Morgan fingerprint density at radius 2 is 1.48 bits per heavy atom. The molecule has 0 aliphatic rings. The summed E-state index contributed by atoms with van der Waals surface area (Å²) in [5.41, 5.74) is 1.07. The first-order valence-corrected chi connectivity index (χ1v) is 8.55. The van der Waals surface area contributed by atoms with Crippen molar-refractivity contribution in [3.8, 4) is 0 Å². The van der Waals surface area contributed by atoms with Gasteiger partial charge in [0.05, 0.1) is 0 Å². The molecule has 2 rings (SSSR count). The molecule has 140 valence electrons. The smallest absolute Gasteiger partial charge is 0.326 e. The Morgan fingerprint density at radius 3 is 2.00 bits per heavy atom. The van der Waals surface area contributed by atoms with Gasteiger partial charge in [-0.15, -0.1) is 0 Å². The number of nitrogens with one attached hydrogen (secondary N) is 2. The van der Waals surface area contributed by atoms with Crippen LogP contribution in [-0.2, 0) is 9.59 Å². The van der Waals surface area contributed by atoms with Gasteiger partial charge in [0, 0.05) is 5.56 Å². The Balaban J connectivity index is 2.29. The fourth-order valence-corrected chi connectivity index (χ4v) is 2.39. The first-order chi connectivity index (χ1) is 12.9. The lowest BCUT2D eigenvalue weighted by Crippen LogP contribution is -2.47. The molecule has 6 heteroatoms. The maximum atomic E-state index is 12.7. The average Bonchev–Trinajstić information content (AvgIpc) is 2.66. The Bertz CT molecular complexity index is 830. The van der Waals surface area contributed by atoms with Gasteiger partial charge in [-0.05, 0) is 29.7 Å². The molecule has 0 radical (unpaired) electrons. The van der Waals surface area contributed by atoms with E-state index in [2.05, 4.69) is 10.6 Å². The van der Waals surface area contributed by atoms with Crippen molar-refractivity contribution in [1.82, 2.24) is 10.6 Å². The third-order valence-electron chi connectivity index (χ3n) is 3.86. The molecule has 1 atom stereocenters. The molecule has 0 saturated carbocycles. The number of rotatable bonds is 7. The van der Waals surface area contributed by atoms with Gasteiger partial charge in [0.2, 0.25) is 0 Å². The van der Waals surface area contributed by atoms with Crippen LogP contribution in [0.25, 0.3) is 6.08 Å². The summed E-state index contributed by atoms with van der Waals surface area (Å²) in [6, 6.07) is 16.4. The Labute approximate surface area is 157 Å². The highest BCUT2D eigenvalue weighted by Gasteiger charge is 2.25. The van der Waals surface area contributed by atoms with E-state index in [0.29, 0.717) is 11.1 Å². The quantitative estimate of drug-likeness (QED) is 0.657. The minimum absolute atomic E-state index is 0.0260. The van der Waals surface area contributed by atoms with Gasteiger partial charge in [-0.2, -0.15) is 0 Å². The van der Waals surface area contributed by atoms with Crippen LogP contribution < -0.4 is 10.6 Å². The summed E-state index contributed by atoms with van der Waals surface area (Å²) < 4.78 is 0. The van der Waals surface area contributed by atoms with E-state index in [-0.39, 0.29) is 11.6 Å². The van der Waals surface area contributed by atoms with Gasteiger partial charge < -0.3 is 15.7 Å². The van der Waals surface area contributed by atoms with Crippen LogP contribution in [0.2, 0.25) is 0 Å². The lowest BCUT2D eigenvalue weighted by Gasteiger charge is -2.19. The van der Waals surface area contributed by atoms with Gasteiger partial charge in [0.25, 0.3) is 11.8 Å². The van der Waals surface area contributed by atoms with Crippen molar-refractivity contribution in [2.24, 2.45) is 5.92 Å². The maximum Gasteiger partial charge on any atom is 0.326 e. The molecule has 0 spiro atoms. The molecule has 1 unspecified atom stereocenters. The lowest BCUT2D eigenvalue weighted by molar-refractivity contribution is -0.142. The van der Waals surface area contributed by atoms with Gasteiger partial charge in [0.1, 0.15) is 11.7 Å². The van der Waals surface area contributed by atoms with Crippen molar-refractivity contribution >= 4 is 23.9 Å². The van der Waals surface area contributed by atoms with E-state index >= 15 is 0 Å². The summed E-state index contributed by atoms with van der Waals surface area (Å²) in [4.78, 5) is 36.5. The maximum absolute atomic E-state index is 12.7. The first-order valence-electron chi connectivity index (χ1n) is 8.55. The summed E-state index contributed by atoms with van der Waals surface area (Å²) >= 11 is 0. The van der Waals surface area contributed by atoms with Crippen molar-refractivity contribution in [3.05, 3.63) is 77.5 Å². The van der Waals surface area contributed by atoms with Crippen molar-refractivity contribution in [1.29, 1.82) is 0 Å². The van der Waals surface area contributed by atoms with Crippen LogP contribution in [0.4, 0.5) is 0 Å². The Kier molecular flexibility index (Phi) is 6.88. The van der Waals surface area contributed by atoms with Gasteiger partial charge in [0.15, 0.2) is 0 Å². The Hall–Kier alpha value is -3.41. The highest BCUT2D eigenvalue weighted by atomic mass is 16.4. The molecule has 0 bridgehead atoms. The molecule has 0 aliphatic carbocycles. The van der Waals surface area contributed by atoms with Crippen LogP contribution in [0.3, 0.4) is 0 Å². The van der Waals surface area contributed by atoms with Crippen LogP contribution >= 0.6 is 0 Å². The fraction of sp³-hybridized carbons (Fsp3) is 0.190. The molecule has 2 aromatic rings. The SMILES string of the molecule is CC(C)C(NC(=O)/C(=C/c1ccccc1)NC(=O)c1ccccc1)C(=O)O. The highest BCUT2D eigenvalue weighted by molar-refractivity contribution is 6.06. The van der Waals surface area contributed by atoms with Crippen LogP contribution in [0.1, 0.15) is 29.8 Å². The predicted octanol–water partition coefficient (Wildman–Crippen LogP) is 2.68. The molecule has 0 fully saturated rings. The number of carboxylic acids is 1. The molecular weight excluding hydrogens is 344 g/mol. The third-order valence-corrected chi connectivity index (χ3v) is 3.86. The number of hydrogen-bond donors (Lipinski definition) is 3. The summed E-state index contributed by atoms with van der Waals surface area (Å²) in [5.74, 6) is -2.56. The minimum atomic E-state index is -1.13. The number of hydrogen-bond acceptors (Lipinski definition) is 3. The molecule has 0 heterocycles. The van der Waals surface area contributed by atoms with E-state index in [1.54, 1.807) is 68.4 Å². The van der Waals surface area contributed by atoms with E-state index < -0.39 is 23.8 Å². The number of carbonyl (C=O) groups is 3. The predicted molar refractivity (Wildman–Crippen MR) is 103 cm³/mol. The number of amides is 2. The molecule has 2 aromatic carbocycles. The minimum Gasteiger partial charge on any atom is -0.480 e. The zero-order valence-corrected chi connectivity index (χ0v) is 15.2. The first kappa shape index (κ1) is 19.9. The van der Waals surface area contributed by atoms with Gasteiger partial charge in [-0.3, -0.25) is 9.59 Å². The van der Waals surface area contributed by atoms with Crippen LogP contribution in [0, 0.1) is 5.92 Å². The van der Waals surface area contributed by atoms with Gasteiger partial charge in [-0.1, -0.05) is 62.4 Å². The molecule has 0 aliphatic heterocycles. The zero-order valence-electron chi connectivity index (χ0n) is 15.2. The lowest BCUT2D eigenvalue weighted by atomic mass is 10.0. The van der Waals surface area contributed by atoms with Crippen LogP contribution in [0.15, 0.2) is 66.4 Å². The summed E-state index contributed by atoms with van der Waals surface area (Å²) in [5, 5.41) is 14.4. The van der Waals surface area contributed by atoms with E-state index in [4.69, 9.17) is 0 Å². The average molecular weight is 366 g/mol. The monoisotopic (exact) mass is 366 g/mol.